The summed E-state index contributed by atoms with van der Waals surface area (Å²) in [6.07, 6.45) is -3.63. The number of benzene rings is 1. The highest BCUT2D eigenvalue weighted by Crippen LogP contribution is 2.42. The highest BCUT2D eigenvalue weighted by atomic mass is 19.4. The molecule has 0 aliphatic rings. The summed E-state index contributed by atoms with van der Waals surface area (Å²) in [6, 6.07) is 5.12. The summed E-state index contributed by atoms with van der Waals surface area (Å²) in [5, 5.41) is 2.86. The van der Waals surface area contributed by atoms with Crippen LogP contribution in [0.15, 0.2) is 34.9 Å². The van der Waals surface area contributed by atoms with Gasteiger partial charge in [-0.15, -0.1) is 0 Å². The van der Waals surface area contributed by atoms with Crippen LogP contribution in [0.1, 0.15) is 12.5 Å². The Kier molecular flexibility index (Phi) is 3.54. The molecule has 1 heterocycles. The fourth-order valence-corrected chi connectivity index (χ4v) is 1.88. The van der Waals surface area contributed by atoms with Gasteiger partial charge in [-0.2, -0.15) is 13.2 Å². The Labute approximate surface area is 107 Å². The van der Waals surface area contributed by atoms with Crippen molar-refractivity contribution in [3.8, 4) is 0 Å². The first kappa shape index (κ1) is 13.9. The molecule has 0 aliphatic carbocycles. The predicted molar refractivity (Wildman–Crippen MR) is 63.6 cm³/mol. The van der Waals surface area contributed by atoms with Crippen molar-refractivity contribution in [2.45, 2.75) is 18.8 Å². The molecule has 0 saturated heterocycles. The molecular formula is C13H13F4NO. The lowest BCUT2D eigenvalue weighted by atomic mass is 9.94. The third kappa shape index (κ3) is 2.45. The van der Waals surface area contributed by atoms with E-state index in [9.17, 15) is 17.6 Å². The standard InChI is InChI=1S/C13H13F4NO/c1-2-18-8-12(14,13(15,16)17)10-3-4-11-9(7-10)5-6-19-11/h3-7,18H,2,8H2,1H3. The van der Waals surface area contributed by atoms with Gasteiger partial charge in [-0.3, -0.25) is 0 Å². The highest BCUT2D eigenvalue weighted by molar-refractivity contribution is 5.78. The number of hydrogen-bond donors (Lipinski definition) is 1. The number of likely N-dealkylation sites (N-methyl/N-ethyl adjacent to an activating group) is 1. The second-order valence-electron chi connectivity index (χ2n) is 4.25. The number of nitrogens with one attached hydrogen (secondary N) is 1. The van der Waals surface area contributed by atoms with Crippen molar-refractivity contribution in [2.75, 3.05) is 13.1 Å². The van der Waals surface area contributed by atoms with Crippen LogP contribution in [0.3, 0.4) is 0 Å². The number of rotatable bonds is 4. The van der Waals surface area contributed by atoms with Crippen LogP contribution in [-0.4, -0.2) is 19.3 Å². The SMILES string of the molecule is CCNCC(F)(c1ccc2occc2c1)C(F)(F)F. The van der Waals surface area contributed by atoms with E-state index in [0.29, 0.717) is 11.0 Å². The Morgan fingerprint density at radius 1 is 1.16 bits per heavy atom. The summed E-state index contributed by atoms with van der Waals surface area (Å²) in [5.41, 5.74) is -3.40. The molecule has 1 aromatic carbocycles. The summed E-state index contributed by atoms with van der Waals surface area (Å²) in [6.45, 7) is 1.07. The zero-order valence-corrected chi connectivity index (χ0v) is 10.2. The molecule has 0 fully saturated rings. The minimum atomic E-state index is -4.98. The van der Waals surface area contributed by atoms with E-state index in [2.05, 4.69) is 5.32 Å². The highest BCUT2D eigenvalue weighted by Gasteiger charge is 2.56. The van der Waals surface area contributed by atoms with Crippen molar-refractivity contribution >= 4 is 11.0 Å². The van der Waals surface area contributed by atoms with Gasteiger partial charge in [-0.05, 0) is 24.7 Å². The van der Waals surface area contributed by atoms with Crippen LogP contribution in [0.2, 0.25) is 0 Å². The molecule has 1 N–H and O–H groups in total. The molecule has 2 rings (SSSR count). The third-order valence-electron chi connectivity index (χ3n) is 2.98. The van der Waals surface area contributed by atoms with Crippen LogP contribution in [0, 0.1) is 0 Å². The van der Waals surface area contributed by atoms with Crippen molar-refractivity contribution in [2.24, 2.45) is 0 Å². The number of halogens is 4. The normalized spacial score (nSPS) is 15.6. The Bertz CT molecular complexity index is 563. The molecule has 0 bridgehead atoms. The quantitative estimate of drug-likeness (QED) is 0.859. The van der Waals surface area contributed by atoms with Crippen LogP contribution < -0.4 is 5.32 Å². The fraction of sp³-hybridized carbons (Fsp3) is 0.385. The minimum Gasteiger partial charge on any atom is -0.464 e. The number of fused-ring (bicyclic) bond motifs is 1. The molecule has 1 atom stereocenters. The molecule has 0 aliphatic heterocycles. The maximum atomic E-state index is 14.4. The van der Waals surface area contributed by atoms with Crippen molar-refractivity contribution in [3.63, 3.8) is 0 Å². The number of alkyl halides is 4. The molecule has 1 unspecified atom stereocenters. The smallest absolute Gasteiger partial charge is 0.428 e. The van der Waals surface area contributed by atoms with Gasteiger partial charge < -0.3 is 9.73 Å². The Balaban J connectivity index is 2.47. The van der Waals surface area contributed by atoms with E-state index < -0.39 is 24.0 Å². The van der Waals surface area contributed by atoms with E-state index in [1.165, 1.54) is 24.5 Å². The number of hydrogen-bond acceptors (Lipinski definition) is 2. The molecule has 104 valence electrons. The topological polar surface area (TPSA) is 25.2 Å². The minimum absolute atomic E-state index is 0.260. The molecule has 0 spiro atoms. The zero-order chi connectivity index (χ0) is 14.1. The molecule has 1 aromatic heterocycles. The average Bonchev–Trinajstić information content (AvgIpc) is 2.81. The number of furan rings is 1. The Morgan fingerprint density at radius 2 is 1.89 bits per heavy atom. The van der Waals surface area contributed by atoms with Gasteiger partial charge in [0, 0.05) is 17.5 Å². The molecule has 2 nitrogen and oxygen atoms in total. The van der Waals surface area contributed by atoms with E-state index in [4.69, 9.17) is 4.42 Å². The molecule has 2 aromatic rings. The van der Waals surface area contributed by atoms with Crippen LogP contribution in [0.5, 0.6) is 0 Å². The summed E-state index contributed by atoms with van der Waals surface area (Å²) >= 11 is 0. The maximum absolute atomic E-state index is 14.4. The van der Waals surface area contributed by atoms with E-state index in [1.54, 1.807) is 6.92 Å². The first-order valence-electron chi connectivity index (χ1n) is 5.82. The summed E-state index contributed by atoms with van der Waals surface area (Å²) in [5.74, 6) is 0. The van der Waals surface area contributed by atoms with Crippen molar-refractivity contribution in [3.05, 3.63) is 36.1 Å². The average molecular weight is 275 g/mol. The van der Waals surface area contributed by atoms with E-state index >= 15 is 0 Å². The van der Waals surface area contributed by atoms with Crippen LogP contribution >= 0.6 is 0 Å². The van der Waals surface area contributed by atoms with Crippen LogP contribution in [0.25, 0.3) is 11.0 Å². The van der Waals surface area contributed by atoms with Crippen molar-refractivity contribution in [1.82, 2.24) is 5.32 Å². The van der Waals surface area contributed by atoms with Gasteiger partial charge in [0.05, 0.1) is 6.26 Å². The van der Waals surface area contributed by atoms with Crippen molar-refractivity contribution < 1.29 is 22.0 Å². The first-order valence-corrected chi connectivity index (χ1v) is 5.82. The second kappa shape index (κ2) is 4.85. The lowest BCUT2D eigenvalue weighted by Crippen LogP contribution is -2.46. The van der Waals surface area contributed by atoms with E-state index in [0.717, 1.165) is 6.07 Å². The Morgan fingerprint density at radius 3 is 2.53 bits per heavy atom. The third-order valence-corrected chi connectivity index (χ3v) is 2.98. The molecular weight excluding hydrogens is 262 g/mol. The summed E-state index contributed by atoms with van der Waals surface area (Å²) in [4.78, 5) is 0. The summed E-state index contributed by atoms with van der Waals surface area (Å²) in [7, 11) is 0. The molecule has 0 amide bonds. The van der Waals surface area contributed by atoms with E-state index in [1.807, 2.05) is 0 Å². The van der Waals surface area contributed by atoms with Gasteiger partial charge in [0.25, 0.3) is 0 Å². The monoisotopic (exact) mass is 275 g/mol. The Hall–Kier alpha value is -1.56. The first-order chi connectivity index (χ1) is 8.88. The van der Waals surface area contributed by atoms with Crippen LogP contribution in [-0.2, 0) is 5.67 Å². The maximum Gasteiger partial charge on any atom is 0.428 e. The molecule has 0 saturated carbocycles. The van der Waals surface area contributed by atoms with Gasteiger partial charge in [0.1, 0.15) is 5.58 Å². The second-order valence-corrected chi connectivity index (χ2v) is 4.25. The molecule has 19 heavy (non-hydrogen) atoms. The fourth-order valence-electron chi connectivity index (χ4n) is 1.88. The lowest BCUT2D eigenvalue weighted by molar-refractivity contribution is -0.233. The van der Waals surface area contributed by atoms with E-state index in [-0.39, 0.29) is 6.54 Å². The van der Waals surface area contributed by atoms with Gasteiger partial charge in [-0.1, -0.05) is 13.0 Å². The van der Waals surface area contributed by atoms with Crippen LogP contribution in [0.4, 0.5) is 17.6 Å². The molecule has 6 heteroatoms. The lowest BCUT2D eigenvalue weighted by Gasteiger charge is -2.28. The predicted octanol–water partition coefficient (Wildman–Crippen LogP) is 3.77. The van der Waals surface area contributed by atoms with Crippen molar-refractivity contribution in [1.29, 1.82) is 0 Å². The zero-order valence-electron chi connectivity index (χ0n) is 10.2. The molecule has 0 radical (unpaired) electrons. The van der Waals surface area contributed by atoms with Gasteiger partial charge in [0.2, 0.25) is 5.67 Å². The van der Waals surface area contributed by atoms with Gasteiger partial charge in [0.15, 0.2) is 0 Å². The largest absolute Gasteiger partial charge is 0.464 e. The van der Waals surface area contributed by atoms with Gasteiger partial charge >= 0.3 is 6.18 Å². The van der Waals surface area contributed by atoms with Gasteiger partial charge in [-0.25, -0.2) is 4.39 Å². The summed E-state index contributed by atoms with van der Waals surface area (Å²) < 4.78 is 58.5.